The van der Waals surface area contributed by atoms with Crippen molar-refractivity contribution in [2.24, 2.45) is 0 Å². The van der Waals surface area contributed by atoms with Crippen LogP contribution in [0.4, 0.5) is 16.2 Å². The summed E-state index contributed by atoms with van der Waals surface area (Å²) in [6, 6.07) is 14.5. The number of hydrogen-bond donors (Lipinski definition) is 2. The fourth-order valence-corrected chi connectivity index (χ4v) is 4.31. The van der Waals surface area contributed by atoms with E-state index in [9.17, 15) is 4.79 Å². The van der Waals surface area contributed by atoms with E-state index < -0.39 is 5.60 Å². The van der Waals surface area contributed by atoms with Crippen LogP contribution in [0.3, 0.4) is 0 Å². The van der Waals surface area contributed by atoms with E-state index in [0.717, 1.165) is 47.5 Å². The van der Waals surface area contributed by atoms with Gasteiger partial charge in [0.1, 0.15) is 11.2 Å². The van der Waals surface area contributed by atoms with Crippen LogP contribution in [0.15, 0.2) is 67.1 Å². The van der Waals surface area contributed by atoms with Crippen molar-refractivity contribution in [3.63, 3.8) is 0 Å². The minimum Gasteiger partial charge on any atom is -0.444 e. The van der Waals surface area contributed by atoms with Gasteiger partial charge in [-0.05, 0) is 56.9 Å². The van der Waals surface area contributed by atoms with Gasteiger partial charge in [0.15, 0.2) is 0 Å². The molecule has 4 heterocycles. The lowest BCUT2D eigenvalue weighted by molar-refractivity contribution is 0.0270. The summed E-state index contributed by atoms with van der Waals surface area (Å²) >= 11 is 0. The lowest BCUT2D eigenvalue weighted by Crippen LogP contribution is -2.39. The van der Waals surface area contributed by atoms with Crippen molar-refractivity contribution >= 4 is 34.1 Å². The van der Waals surface area contributed by atoms with Gasteiger partial charge in [-0.1, -0.05) is 36.4 Å². The van der Waals surface area contributed by atoms with Gasteiger partial charge in [0.25, 0.3) is 0 Å². The molecule has 2 N–H and O–H groups in total. The largest absolute Gasteiger partial charge is 0.444 e. The third-order valence-electron chi connectivity index (χ3n) is 6.12. The Labute approximate surface area is 211 Å². The molecule has 1 aliphatic rings. The van der Waals surface area contributed by atoms with Gasteiger partial charge in [-0.15, -0.1) is 0 Å². The molecule has 0 bridgehead atoms. The SMILES string of the molecule is CC(C)(C)OC(=O)N1CC=C(c2cc3c(Nc4cnn(CCc5ccccc5)c4)ccnc3[nH]2)CC1. The summed E-state index contributed by atoms with van der Waals surface area (Å²) in [6.45, 7) is 7.62. The van der Waals surface area contributed by atoms with Crippen LogP contribution in [0, 0.1) is 0 Å². The van der Waals surface area contributed by atoms with Gasteiger partial charge < -0.3 is 19.9 Å². The van der Waals surface area contributed by atoms with Gasteiger partial charge >= 0.3 is 6.09 Å². The lowest BCUT2D eigenvalue weighted by atomic mass is 10.0. The van der Waals surface area contributed by atoms with Crippen molar-refractivity contribution < 1.29 is 9.53 Å². The van der Waals surface area contributed by atoms with Crippen LogP contribution < -0.4 is 5.32 Å². The average molecular weight is 485 g/mol. The third kappa shape index (κ3) is 5.59. The van der Waals surface area contributed by atoms with Crippen molar-refractivity contribution in [2.75, 3.05) is 18.4 Å². The molecule has 0 fully saturated rings. The second-order valence-electron chi connectivity index (χ2n) is 10.1. The second-order valence-corrected chi connectivity index (χ2v) is 10.1. The number of carbonyl (C=O) groups is 1. The number of carbonyl (C=O) groups excluding carboxylic acids is 1. The Hall–Kier alpha value is -4.07. The number of ether oxygens (including phenoxy) is 1. The van der Waals surface area contributed by atoms with Crippen LogP contribution in [-0.2, 0) is 17.7 Å². The topological polar surface area (TPSA) is 88.1 Å². The summed E-state index contributed by atoms with van der Waals surface area (Å²) in [6.07, 6.45) is 9.17. The maximum absolute atomic E-state index is 12.4. The van der Waals surface area contributed by atoms with Crippen molar-refractivity contribution in [1.82, 2.24) is 24.6 Å². The molecule has 0 saturated carbocycles. The summed E-state index contributed by atoms with van der Waals surface area (Å²) in [5.74, 6) is 0. The van der Waals surface area contributed by atoms with Gasteiger partial charge in [0.2, 0.25) is 0 Å². The molecule has 4 aromatic rings. The smallest absolute Gasteiger partial charge is 0.410 e. The van der Waals surface area contributed by atoms with Crippen molar-refractivity contribution in [3.05, 3.63) is 78.4 Å². The second kappa shape index (κ2) is 9.89. The average Bonchev–Trinajstić information content (AvgIpc) is 3.50. The number of amides is 1. The minimum atomic E-state index is -0.494. The van der Waals surface area contributed by atoms with Crippen LogP contribution in [-0.4, -0.2) is 49.4 Å². The number of nitrogens with zero attached hydrogens (tertiary/aromatic N) is 4. The monoisotopic (exact) mass is 484 g/mol. The highest BCUT2D eigenvalue weighted by Gasteiger charge is 2.24. The number of pyridine rings is 1. The number of aromatic nitrogens is 4. The van der Waals surface area contributed by atoms with Crippen LogP contribution in [0.5, 0.6) is 0 Å². The number of fused-ring (bicyclic) bond motifs is 1. The number of hydrogen-bond acceptors (Lipinski definition) is 5. The summed E-state index contributed by atoms with van der Waals surface area (Å²) in [5.41, 5.74) is 5.72. The van der Waals surface area contributed by atoms with Gasteiger partial charge in [0, 0.05) is 43.1 Å². The first kappa shape index (κ1) is 23.7. The number of H-pyrrole nitrogens is 1. The highest BCUT2D eigenvalue weighted by molar-refractivity contribution is 5.94. The molecule has 0 spiro atoms. The zero-order chi connectivity index (χ0) is 25.1. The zero-order valence-electron chi connectivity index (χ0n) is 21.0. The Kier molecular flexibility index (Phi) is 6.50. The minimum absolute atomic E-state index is 0.271. The first-order valence-corrected chi connectivity index (χ1v) is 12.3. The molecule has 0 unspecified atom stereocenters. The first-order chi connectivity index (χ1) is 17.3. The molecule has 8 heteroatoms. The van der Waals surface area contributed by atoms with Crippen LogP contribution in [0.25, 0.3) is 16.6 Å². The molecule has 8 nitrogen and oxygen atoms in total. The Morgan fingerprint density at radius 2 is 2.03 bits per heavy atom. The van der Waals surface area contributed by atoms with E-state index in [1.54, 1.807) is 11.1 Å². The maximum atomic E-state index is 12.4. The Bertz CT molecular complexity index is 1380. The van der Waals surface area contributed by atoms with E-state index >= 15 is 0 Å². The summed E-state index contributed by atoms with van der Waals surface area (Å²) in [4.78, 5) is 22.1. The van der Waals surface area contributed by atoms with Gasteiger partial charge in [-0.2, -0.15) is 5.10 Å². The highest BCUT2D eigenvalue weighted by atomic mass is 16.6. The van der Waals surface area contributed by atoms with E-state index in [1.807, 2.05) is 50.0 Å². The van der Waals surface area contributed by atoms with E-state index in [4.69, 9.17) is 4.74 Å². The quantitative estimate of drug-likeness (QED) is 0.363. The number of aromatic amines is 1. The Morgan fingerprint density at radius 1 is 1.19 bits per heavy atom. The fourth-order valence-electron chi connectivity index (χ4n) is 4.31. The predicted molar refractivity (Wildman–Crippen MR) is 142 cm³/mol. The van der Waals surface area contributed by atoms with E-state index in [0.29, 0.717) is 13.1 Å². The van der Waals surface area contributed by atoms with E-state index in [-0.39, 0.29) is 6.09 Å². The number of aryl methyl sites for hydroxylation is 2. The Balaban J connectivity index is 1.26. The van der Waals surface area contributed by atoms with E-state index in [1.165, 1.54) is 11.1 Å². The number of nitrogens with one attached hydrogen (secondary N) is 2. The third-order valence-corrected chi connectivity index (χ3v) is 6.12. The summed E-state index contributed by atoms with van der Waals surface area (Å²) < 4.78 is 7.46. The van der Waals surface area contributed by atoms with Crippen LogP contribution in [0.2, 0.25) is 0 Å². The molecule has 5 rings (SSSR count). The van der Waals surface area contributed by atoms with Crippen molar-refractivity contribution in [1.29, 1.82) is 0 Å². The zero-order valence-corrected chi connectivity index (χ0v) is 21.0. The lowest BCUT2D eigenvalue weighted by Gasteiger charge is -2.29. The molecule has 0 saturated heterocycles. The first-order valence-electron chi connectivity index (χ1n) is 12.3. The molecule has 0 radical (unpaired) electrons. The fraction of sp³-hybridized carbons (Fsp3) is 0.321. The maximum Gasteiger partial charge on any atom is 0.410 e. The van der Waals surface area contributed by atoms with E-state index in [2.05, 4.69) is 56.8 Å². The van der Waals surface area contributed by atoms with Crippen LogP contribution in [0.1, 0.15) is 38.4 Å². The molecule has 0 aliphatic carbocycles. The Morgan fingerprint density at radius 3 is 2.78 bits per heavy atom. The van der Waals surface area contributed by atoms with Gasteiger partial charge in [-0.25, -0.2) is 9.78 Å². The summed E-state index contributed by atoms with van der Waals surface area (Å²) in [5, 5.41) is 9.02. The molecular formula is C28H32N6O2. The molecule has 36 heavy (non-hydrogen) atoms. The standard InChI is InChI=1S/C28H32N6O2/c1-28(2,3)36-27(35)33-14-11-21(12-15-33)25-17-23-24(9-13-29-26(23)32-25)31-22-18-30-34(19-22)16-10-20-7-5-4-6-8-20/h4-9,11,13,17-19H,10,12,14-16H2,1-3H3,(H2,29,31,32). The molecule has 3 aromatic heterocycles. The summed E-state index contributed by atoms with van der Waals surface area (Å²) in [7, 11) is 0. The van der Waals surface area contributed by atoms with Crippen molar-refractivity contribution in [2.45, 2.75) is 45.8 Å². The molecule has 1 amide bonds. The van der Waals surface area contributed by atoms with Gasteiger partial charge in [-0.3, -0.25) is 4.68 Å². The number of benzene rings is 1. The van der Waals surface area contributed by atoms with Crippen molar-refractivity contribution in [3.8, 4) is 0 Å². The molecule has 0 atom stereocenters. The molecule has 186 valence electrons. The van der Waals surface area contributed by atoms with Gasteiger partial charge in [0.05, 0.1) is 17.6 Å². The number of rotatable bonds is 6. The molecular weight excluding hydrogens is 452 g/mol. The molecule has 1 aromatic carbocycles. The molecule has 1 aliphatic heterocycles. The highest BCUT2D eigenvalue weighted by Crippen LogP contribution is 2.30. The predicted octanol–water partition coefficient (Wildman–Crippen LogP) is 5.77. The van der Waals surface area contributed by atoms with Crippen LogP contribution >= 0.6 is 0 Å². The normalized spacial score (nSPS) is 14.1. The number of anilines is 2.